The van der Waals surface area contributed by atoms with Gasteiger partial charge >= 0.3 is 0 Å². The van der Waals surface area contributed by atoms with Gasteiger partial charge in [-0.15, -0.1) is 11.8 Å². The summed E-state index contributed by atoms with van der Waals surface area (Å²) in [5.74, 6) is 0.756. The molecule has 0 aliphatic rings. The van der Waals surface area contributed by atoms with Crippen molar-refractivity contribution in [2.75, 3.05) is 0 Å². The first-order chi connectivity index (χ1) is 12.3. The van der Waals surface area contributed by atoms with E-state index in [0.717, 1.165) is 17.9 Å². The summed E-state index contributed by atoms with van der Waals surface area (Å²) in [6, 6.07) is 25.7. The van der Waals surface area contributed by atoms with Gasteiger partial charge in [-0.3, -0.25) is 0 Å². The van der Waals surface area contributed by atoms with Crippen LogP contribution in [0.3, 0.4) is 0 Å². The molecule has 0 spiro atoms. The quantitative estimate of drug-likeness (QED) is 0.394. The fourth-order valence-electron chi connectivity index (χ4n) is 2.98. The van der Waals surface area contributed by atoms with Crippen molar-refractivity contribution in [2.24, 2.45) is 0 Å². The van der Waals surface area contributed by atoms with E-state index >= 15 is 0 Å². The second-order valence-electron chi connectivity index (χ2n) is 6.04. The summed E-state index contributed by atoms with van der Waals surface area (Å²) >= 11 is 1.86. The van der Waals surface area contributed by atoms with E-state index in [4.69, 9.17) is 0 Å². The Labute approximate surface area is 151 Å². The topological polar surface area (TPSA) is 4.93 Å². The fraction of sp³-hybridized carbons (Fsp3) is 0.0909. The summed E-state index contributed by atoms with van der Waals surface area (Å²) in [5.41, 5.74) is 3.63. The number of halogens is 1. The number of rotatable bonds is 5. The molecule has 0 saturated carbocycles. The molecule has 0 amide bonds. The zero-order valence-electron chi connectivity index (χ0n) is 13.7. The van der Waals surface area contributed by atoms with E-state index in [1.807, 2.05) is 30.0 Å². The summed E-state index contributed by atoms with van der Waals surface area (Å²) in [7, 11) is 0. The summed E-state index contributed by atoms with van der Waals surface area (Å²) < 4.78 is 15.4. The summed E-state index contributed by atoms with van der Waals surface area (Å²) in [6.07, 6.45) is 2.21. The van der Waals surface area contributed by atoms with Gasteiger partial charge < -0.3 is 4.57 Å². The van der Waals surface area contributed by atoms with E-state index in [-0.39, 0.29) is 5.82 Å². The maximum atomic E-state index is 13.1. The summed E-state index contributed by atoms with van der Waals surface area (Å²) in [6.45, 7) is 0.743. The summed E-state index contributed by atoms with van der Waals surface area (Å²) in [4.78, 5) is 1.28. The Morgan fingerprint density at radius 1 is 0.760 bits per heavy atom. The Morgan fingerprint density at radius 2 is 1.48 bits per heavy atom. The van der Waals surface area contributed by atoms with Crippen molar-refractivity contribution in [2.45, 2.75) is 17.2 Å². The molecule has 0 saturated heterocycles. The van der Waals surface area contributed by atoms with E-state index < -0.39 is 0 Å². The van der Waals surface area contributed by atoms with Crippen LogP contribution in [0, 0.1) is 5.82 Å². The Balaban J connectivity index is 1.63. The van der Waals surface area contributed by atoms with Crippen LogP contribution in [0.4, 0.5) is 4.39 Å². The van der Waals surface area contributed by atoms with Crippen LogP contribution in [0.2, 0.25) is 0 Å². The Morgan fingerprint density at radius 3 is 2.28 bits per heavy atom. The SMILES string of the molecule is Fc1ccc(Cn2cc(SCc3ccccc3)c3ccccc32)cc1. The molecule has 25 heavy (non-hydrogen) atoms. The fourth-order valence-corrected chi connectivity index (χ4v) is 4.03. The molecule has 0 atom stereocenters. The standard InChI is InChI=1S/C22H18FNS/c23-19-12-10-17(11-13-19)14-24-15-22(20-8-4-5-9-21(20)24)25-16-18-6-2-1-3-7-18/h1-13,15H,14,16H2. The Kier molecular flexibility index (Phi) is 4.57. The van der Waals surface area contributed by atoms with Crippen LogP contribution in [-0.2, 0) is 12.3 Å². The van der Waals surface area contributed by atoms with Crippen molar-refractivity contribution >= 4 is 22.7 Å². The van der Waals surface area contributed by atoms with Crippen molar-refractivity contribution in [3.05, 3.63) is 102 Å². The van der Waals surface area contributed by atoms with Gasteiger partial charge in [-0.05, 0) is 29.3 Å². The van der Waals surface area contributed by atoms with Gasteiger partial charge in [0, 0.05) is 34.3 Å². The van der Waals surface area contributed by atoms with Gasteiger partial charge in [-0.1, -0.05) is 60.7 Å². The molecule has 0 unspecified atom stereocenters. The lowest BCUT2D eigenvalue weighted by atomic mass is 10.2. The number of hydrogen-bond donors (Lipinski definition) is 0. The van der Waals surface area contributed by atoms with E-state index in [2.05, 4.69) is 59.3 Å². The highest BCUT2D eigenvalue weighted by Crippen LogP contribution is 2.32. The third-order valence-electron chi connectivity index (χ3n) is 4.26. The lowest BCUT2D eigenvalue weighted by Crippen LogP contribution is -1.97. The second kappa shape index (κ2) is 7.16. The van der Waals surface area contributed by atoms with Crippen LogP contribution in [0.5, 0.6) is 0 Å². The number of benzene rings is 3. The molecule has 1 aromatic heterocycles. The van der Waals surface area contributed by atoms with Gasteiger partial charge in [0.25, 0.3) is 0 Å². The monoisotopic (exact) mass is 347 g/mol. The molecule has 3 heteroatoms. The van der Waals surface area contributed by atoms with Crippen molar-refractivity contribution in [1.29, 1.82) is 0 Å². The van der Waals surface area contributed by atoms with Crippen LogP contribution in [0.25, 0.3) is 10.9 Å². The van der Waals surface area contributed by atoms with E-state index in [0.29, 0.717) is 0 Å². The minimum Gasteiger partial charge on any atom is -0.342 e. The van der Waals surface area contributed by atoms with E-state index in [9.17, 15) is 4.39 Å². The number of aromatic nitrogens is 1. The summed E-state index contributed by atoms with van der Waals surface area (Å²) in [5, 5.41) is 1.27. The highest BCUT2D eigenvalue weighted by atomic mass is 32.2. The van der Waals surface area contributed by atoms with Crippen molar-refractivity contribution in [3.63, 3.8) is 0 Å². The number of hydrogen-bond acceptors (Lipinski definition) is 1. The smallest absolute Gasteiger partial charge is 0.123 e. The maximum absolute atomic E-state index is 13.1. The molecule has 1 heterocycles. The van der Waals surface area contributed by atoms with E-state index in [1.165, 1.54) is 33.5 Å². The molecule has 1 nitrogen and oxygen atoms in total. The minimum atomic E-state index is -0.194. The predicted molar refractivity (Wildman–Crippen MR) is 103 cm³/mol. The normalized spacial score (nSPS) is 11.1. The van der Waals surface area contributed by atoms with Crippen LogP contribution < -0.4 is 0 Å². The van der Waals surface area contributed by atoms with Gasteiger partial charge in [0.05, 0.1) is 0 Å². The second-order valence-corrected chi connectivity index (χ2v) is 7.06. The Bertz CT molecular complexity index is 974. The molecular formula is C22H18FNS. The average Bonchev–Trinajstić information content (AvgIpc) is 3.01. The van der Waals surface area contributed by atoms with Gasteiger partial charge in [0.1, 0.15) is 5.82 Å². The van der Waals surface area contributed by atoms with Gasteiger partial charge in [-0.2, -0.15) is 0 Å². The minimum absolute atomic E-state index is 0.194. The number of para-hydroxylation sites is 1. The molecule has 124 valence electrons. The first kappa shape index (κ1) is 16.0. The third-order valence-corrected chi connectivity index (χ3v) is 5.37. The highest BCUT2D eigenvalue weighted by Gasteiger charge is 2.09. The molecule has 4 aromatic rings. The molecule has 0 aliphatic heterocycles. The number of thioether (sulfide) groups is 1. The molecule has 0 aliphatic carbocycles. The molecule has 0 bridgehead atoms. The van der Waals surface area contributed by atoms with Crippen molar-refractivity contribution in [3.8, 4) is 0 Å². The van der Waals surface area contributed by atoms with E-state index in [1.54, 1.807) is 0 Å². The van der Waals surface area contributed by atoms with Crippen LogP contribution in [0.15, 0.2) is 90.0 Å². The van der Waals surface area contributed by atoms with Crippen LogP contribution in [0.1, 0.15) is 11.1 Å². The molecule has 0 N–H and O–H groups in total. The third kappa shape index (κ3) is 3.62. The molecule has 0 radical (unpaired) electrons. The average molecular weight is 347 g/mol. The van der Waals surface area contributed by atoms with Crippen molar-refractivity contribution in [1.82, 2.24) is 4.57 Å². The highest BCUT2D eigenvalue weighted by molar-refractivity contribution is 7.98. The number of fused-ring (bicyclic) bond motifs is 1. The molecular weight excluding hydrogens is 329 g/mol. The Hall–Kier alpha value is -2.52. The molecule has 3 aromatic carbocycles. The number of nitrogens with zero attached hydrogens (tertiary/aromatic N) is 1. The zero-order chi connectivity index (χ0) is 17.1. The maximum Gasteiger partial charge on any atom is 0.123 e. The lowest BCUT2D eigenvalue weighted by Gasteiger charge is -2.05. The zero-order valence-corrected chi connectivity index (χ0v) is 14.5. The molecule has 4 rings (SSSR count). The van der Waals surface area contributed by atoms with Gasteiger partial charge in [0.2, 0.25) is 0 Å². The first-order valence-corrected chi connectivity index (χ1v) is 9.27. The predicted octanol–water partition coefficient (Wildman–Crippen LogP) is 6.12. The lowest BCUT2D eigenvalue weighted by molar-refractivity contribution is 0.626. The van der Waals surface area contributed by atoms with Gasteiger partial charge in [-0.25, -0.2) is 4.39 Å². The first-order valence-electron chi connectivity index (χ1n) is 8.28. The largest absolute Gasteiger partial charge is 0.342 e. The van der Waals surface area contributed by atoms with Gasteiger partial charge in [0.15, 0.2) is 0 Å². The van der Waals surface area contributed by atoms with Crippen LogP contribution >= 0.6 is 11.8 Å². The van der Waals surface area contributed by atoms with Crippen LogP contribution in [-0.4, -0.2) is 4.57 Å². The van der Waals surface area contributed by atoms with Crippen molar-refractivity contribution < 1.29 is 4.39 Å². The molecule has 0 fully saturated rings.